The number of hydrogen-bond acceptors (Lipinski definition) is 6. The van der Waals surface area contributed by atoms with Gasteiger partial charge in [0, 0.05) is 0 Å². The standard InChI is InChI=1S/C9H9ClN4O3/c10-8-7-9(12-3-11-8)14(4-13-7)5-2-16-6(1-15)17-5/h3-6,15H,1-2H2/t5?,6-/m1/s1. The van der Waals surface area contributed by atoms with Gasteiger partial charge >= 0.3 is 0 Å². The number of aromatic nitrogens is 4. The molecule has 0 spiro atoms. The van der Waals surface area contributed by atoms with Gasteiger partial charge in [0.15, 0.2) is 23.3 Å². The van der Waals surface area contributed by atoms with Crippen LogP contribution in [0.2, 0.25) is 5.15 Å². The second-order valence-electron chi connectivity index (χ2n) is 3.52. The van der Waals surface area contributed by atoms with Crippen molar-refractivity contribution in [3.05, 3.63) is 17.8 Å². The predicted octanol–water partition coefficient (Wildman–Crippen LogP) is 0.343. The van der Waals surface area contributed by atoms with Gasteiger partial charge in [-0.1, -0.05) is 11.6 Å². The number of fused-ring (bicyclic) bond motifs is 1. The zero-order valence-corrected chi connectivity index (χ0v) is 9.41. The van der Waals surface area contributed by atoms with Gasteiger partial charge in [-0.25, -0.2) is 15.0 Å². The van der Waals surface area contributed by atoms with Crippen LogP contribution in [-0.2, 0) is 9.47 Å². The molecule has 0 amide bonds. The van der Waals surface area contributed by atoms with Crippen LogP contribution in [0.15, 0.2) is 12.7 Å². The summed E-state index contributed by atoms with van der Waals surface area (Å²) in [6.45, 7) is 0.150. The molecule has 2 atom stereocenters. The smallest absolute Gasteiger partial charge is 0.183 e. The first-order valence-corrected chi connectivity index (χ1v) is 5.38. The Balaban J connectivity index is 1.99. The van der Waals surface area contributed by atoms with Crippen LogP contribution in [0, 0.1) is 0 Å². The Kier molecular flexibility index (Phi) is 2.67. The van der Waals surface area contributed by atoms with Gasteiger partial charge in [-0.2, -0.15) is 0 Å². The molecule has 3 rings (SSSR count). The molecular weight excluding hydrogens is 248 g/mol. The molecule has 17 heavy (non-hydrogen) atoms. The molecule has 0 radical (unpaired) electrons. The molecule has 1 aliphatic rings. The van der Waals surface area contributed by atoms with E-state index in [0.29, 0.717) is 22.9 Å². The molecule has 0 aliphatic carbocycles. The summed E-state index contributed by atoms with van der Waals surface area (Å²) in [6, 6.07) is 0. The minimum atomic E-state index is -0.602. The van der Waals surface area contributed by atoms with Crippen molar-refractivity contribution in [3.8, 4) is 0 Å². The molecule has 2 aromatic rings. The highest BCUT2D eigenvalue weighted by Gasteiger charge is 2.28. The Morgan fingerprint density at radius 1 is 1.47 bits per heavy atom. The fraction of sp³-hybridized carbons (Fsp3) is 0.444. The fourth-order valence-electron chi connectivity index (χ4n) is 1.72. The molecule has 0 bridgehead atoms. The largest absolute Gasteiger partial charge is 0.391 e. The van der Waals surface area contributed by atoms with Gasteiger partial charge < -0.3 is 14.6 Å². The summed E-state index contributed by atoms with van der Waals surface area (Å²) in [6.07, 6.45) is 1.97. The van der Waals surface area contributed by atoms with Gasteiger partial charge in [-0.05, 0) is 0 Å². The highest BCUT2D eigenvalue weighted by atomic mass is 35.5. The van der Waals surface area contributed by atoms with E-state index >= 15 is 0 Å². The molecule has 1 fully saturated rings. The van der Waals surface area contributed by atoms with E-state index in [1.807, 2.05) is 0 Å². The number of hydrogen-bond donors (Lipinski definition) is 1. The third kappa shape index (κ3) is 1.77. The minimum Gasteiger partial charge on any atom is -0.391 e. The van der Waals surface area contributed by atoms with E-state index in [4.69, 9.17) is 26.2 Å². The maximum absolute atomic E-state index is 8.92. The van der Waals surface area contributed by atoms with Crippen LogP contribution < -0.4 is 0 Å². The van der Waals surface area contributed by atoms with Crippen molar-refractivity contribution in [2.75, 3.05) is 13.2 Å². The van der Waals surface area contributed by atoms with Crippen molar-refractivity contribution in [2.45, 2.75) is 12.5 Å². The number of imidazole rings is 1. The zero-order valence-electron chi connectivity index (χ0n) is 8.65. The Bertz CT molecular complexity index is 546. The monoisotopic (exact) mass is 256 g/mol. The van der Waals surface area contributed by atoms with E-state index in [2.05, 4.69) is 15.0 Å². The third-order valence-electron chi connectivity index (χ3n) is 2.51. The average Bonchev–Trinajstić information content (AvgIpc) is 2.94. The highest BCUT2D eigenvalue weighted by Crippen LogP contribution is 2.25. The molecule has 1 saturated heterocycles. The average molecular weight is 257 g/mol. The number of ether oxygens (including phenoxy) is 2. The normalized spacial score (nSPS) is 24.6. The van der Waals surface area contributed by atoms with Gasteiger partial charge in [0.2, 0.25) is 0 Å². The fourth-order valence-corrected chi connectivity index (χ4v) is 1.90. The van der Waals surface area contributed by atoms with Crippen molar-refractivity contribution >= 4 is 22.8 Å². The lowest BCUT2D eigenvalue weighted by molar-refractivity contribution is -0.0980. The molecule has 1 N–H and O–H groups in total. The van der Waals surface area contributed by atoms with Crippen LogP contribution in [-0.4, -0.2) is 44.1 Å². The molecule has 7 nitrogen and oxygen atoms in total. The summed E-state index contributed by atoms with van der Waals surface area (Å²) in [4.78, 5) is 12.1. The molecule has 90 valence electrons. The SMILES string of the molecule is OC[C@@H]1OCC(n2cnc3c(Cl)ncnc32)O1. The summed E-state index contributed by atoms with van der Waals surface area (Å²) in [5.74, 6) is 0. The summed E-state index contributed by atoms with van der Waals surface area (Å²) in [7, 11) is 0. The van der Waals surface area contributed by atoms with Gasteiger partial charge in [0.25, 0.3) is 0 Å². The lowest BCUT2D eigenvalue weighted by Crippen LogP contribution is -2.15. The van der Waals surface area contributed by atoms with Crippen LogP contribution in [0.5, 0.6) is 0 Å². The second-order valence-corrected chi connectivity index (χ2v) is 3.88. The number of rotatable bonds is 2. The Morgan fingerprint density at radius 2 is 2.35 bits per heavy atom. The predicted molar refractivity (Wildman–Crippen MR) is 57.3 cm³/mol. The minimum absolute atomic E-state index is 0.182. The van der Waals surface area contributed by atoms with Gasteiger partial charge in [0.1, 0.15) is 11.8 Å². The van der Waals surface area contributed by atoms with Crippen LogP contribution in [0.25, 0.3) is 11.2 Å². The maximum atomic E-state index is 8.92. The van der Waals surface area contributed by atoms with Gasteiger partial charge in [-0.3, -0.25) is 4.57 Å². The molecule has 0 aromatic carbocycles. The molecular formula is C9H9ClN4O3. The first kappa shape index (κ1) is 10.8. The van der Waals surface area contributed by atoms with Gasteiger partial charge in [-0.15, -0.1) is 0 Å². The van der Waals surface area contributed by atoms with Crippen LogP contribution in [0.4, 0.5) is 0 Å². The van der Waals surface area contributed by atoms with Crippen LogP contribution in [0.3, 0.4) is 0 Å². The van der Waals surface area contributed by atoms with E-state index in [1.165, 1.54) is 6.33 Å². The van der Waals surface area contributed by atoms with E-state index in [-0.39, 0.29) is 12.8 Å². The molecule has 0 saturated carbocycles. The number of nitrogens with zero attached hydrogens (tertiary/aromatic N) is 4. The number of aliphatic hydroxyl groups is 1. The molecule has 3 heterocycles. The van der Waals surface area contributed by atoms with Crippen molar-refractivity contribution in [1.82, 2.24) is 19.5 Å². The van der Waals surface area contributed by atoms with E-state index in [9.17, 15) is 0 Å². The van der Waals surface area contributed by atoms with Crippen molar-refractivity contribution in [2.24, 2.45) is 0 Å². The lowest BCUT2D eigenvalue weighted by Gasteiger charge is -2.10. The van der Waals surface area contributed by atoms with Crippen LogP contribution in [0.1, 0.15) is 6.23 Å². The first-order chi connectivity index (χ1) is 8.29. The summed E-state index contributed by atoms with van der Waals surface area (Å²) >= 11 is 5.89. The Hall–Kier alpha value is -1.28. The molecule has 1 aliphatic heterocycles. The van der Waals surface area contributed by atoms with Crippen molar-refractivity contribution in [3.63, 3.8) is 0 Å². The topological polar surface area (TPSA) is 82.3 Å². The first-order valence-electron chi connectivity index (χ1n) is 5.00. The summed E-state index contributed by atoms with van der Waals surface area (Å²) in [5.41, 5.74) is 1.10. The number of aliphatic hydroxyl groups excluding tert-OH is 1. The number of halogens is 1. The van der Waals surface area contributed by atoms with Crippen molar-refractivity contribution in [1.29, 1.82) is 0 Å². The lowest BCUT2D eigenvalue weighted by atomic mass is 10.5. The molecule has 1 unspecified atom stereocenters. The third-order valence-corrected chi connectivity index (χ3v) is 2.78. The quantitative estimate of drug-likeness (QED) is 0.781. The summed E-state index contributed by atoms with van der Waals surface area (Å²) < 4.78 is 12.4. The molecule has 8 heteroatoms. The van der Waals surface area contributed by atoms with E-state index in [0.717, 1.165) is 0 Å². The van der Waals surface area contributed by atoms with Crippen molar-refractivity contribution < 1.29 is 14.6 Å². The zero-order chi connectivity index (χ0) is 11.8. The van der Waals surface area contributed by atoms with E-state index < -0.39 is 6.29 Å². The summed E-state index contributed by atoms with van der Waals surface area (Å²) in [5, 5.41) is 9.21. The maximum Gasteiger partial charge on any atom is 0.183 e. The van der Waals surface area contributed by atoms with Gasteiger partial charge in [0.05, 0.1) is 19.5 Å². The Morgan fingerprint density at radius 3 is 3.12 bits per heavy atom. The van der Waals surface area contributed by atoms with Crippen LogP contribution >= 0.6 is 11.6 Å². The molecule has 2 aromatic heterocycles. The Labute approximate surface area is 101 Å². The highest BCUT2D eigenvalue weighted by molar-refractivity contribution is 6.33. The van der Waals surface area contributed by atoms with E-state index in [1.54, 1.807) is 10.9 Å². The second kappa shape index (κ2) is 4.19.